The third-order valence-corrected chi connectivity index (χ3v) is 3.65. The predicted molar refractivity (Wildman–Crippen MR) is 86.5 cm³/mol. The molecule has 0 amide bonds. The van der Waals surface area contributed by atoms with Crippen LogP contribution in [0.4, 0.5) is 0 Å². The highest BCUT2D eigenvalue weighted by atomic mass is 15.2. The molecule has 1 atom stereocenters. The molecule has 20 heavy (non-hydrogen) atoms. The maximum absolute atomic E-state index is 5.08. The van der Waals surface area contributed by atoms with Gasteiger partial charge in [-0.3, -0.25) is 14.9 Å². The van der Waals surface area contributed by atoms with Crippen LogP contribution in [0.2, 0.25) is 0 Å². The summed E-state index contributed by atoms with van der Waals surface area (Å²) in [5.74, 6) is 2.57. The smallest absolute Gasteiger partial charge is 0.0598 e. The van der Waals surface area contributed by atoms with E-state index >= 15 is 0 Å². The fourth-order valence-electron chi connectivity index (χ4n) is 1.50. The molecule has 0 bridgehead atoms. The highest BCUT2D eigenvalue weighted by Gasteiger charge is 2.14. The molecule has 4 nitrogen and oxygen atoms in total. The van der Waals surface area contributed by atoms with E-state index in [-0.39, 0.29) is 0 Å². The Morgan fingerprint density at radius 1 is 1.20 bits per heavy atom. The van der Waals surface area contributed by atoms with E-state index < -0.39 is 0 Å². The second kappa shape index (κ2) is 9.57. The fourth-order valence-corrected chi connectivity index (χ4v) is 1.50. The van der Waals surface area contributed by atoms with Gasteiger partial charge in [-0.1, -0.05) is 5.92 Å². The van der Waals surface area contributed by atoms with Crippen LogP contribution in [0.15, 0.2) is 12.4 Å². The summed E-state index contributed by atoms with van der Waals surface area (Å²) in [6, 6.07) is 1.56. The zero-order valence-electron chi connectivity index (χ0n) is 14.0. The van der Waals surface area contributed by atoms with E-state index in [2.05, 4.69) is 67.6 Å². The Hall–Kier alpha value is -1.31. The summed E-state index contributed by atoms with van der Waals surface area (Å²) in [6.07, 6.45) is 8.90. The number of aromatic nitrogens is 2. The number of nitrogens with one attached hydrogen (secondary N) is 1. The fraction of sp³-hybridized carbons (Fsp3) is 0.688. The van der Waals surface area contributed by atoms with Gasteiger partial charge in [-0.15, -0.1) is 6.42 Å². The molecule has 0 fully saturated rings. The van der Waals surface area contributed by atoms with Crippen LogP contribution in [0.1, 0.15) is 46.2 Å². The van der Waals surface area contributed by atoms with Crippen molar-refractivity contribution < 1.29 is 0 Å². The summed E-state index contributed by atoms with van der Waals surface area (Å²) in [6.45, 7) is 11.6. The third kappa shape index (κ3) is 6.74. The van der Waals surface area contributed by atoms with Crippen LogP contribution in [-0.4, -0.2) is 52.7 Å². The molecule has 0 aromatic carbocycles. The summed E-state index contributed by atoms with van der Waals surface area (Å²) in [4.78, 5) is 4.42. The summed E-state index contributed by atoms with van der Waals surface area (Å²) in [7, 11) is 4.15. The average Bonchev–Trinajstić information content (AvgIpc) is 2.91. The molecule has 0 spiro atoms. The lowest BCUT2D eigenvalue weighted by Gasteiger charge is -2.27. The van der Waals surface area contributed by atoms with Crippen LogP contribution >= 0.6 is 0 Å². The van der Waals surface area contributed by atoms with Gasteiger partial charge in [-0.05, 0) is 48.7 Å². The molecule has 1 rings (SSSR count). The summed E-state index contributed by atoms with van der Waals surface area (Å²) in [5, 5.41) is 6.76. The van der Waals surface area contributed by atoms with Crippen molar-refractivity contribution in [1.29, 1.82) is 0 Å². The Bertz CT molecular complexity index is 376. The zero-order valence-corrected chi connectivity index (χ0v) is 14.0. The van der Waals surface area contributed by atoms with Gasteiger partial charge in [0.05, 0.1) is 12.7 Å². The SMILES string of the molecule is C#CCN(C)C(C)C.CC(C)N(C)C(C)c1cn[nH]c1. The molecule has 0 saturated carbocycles. The largest absolute Gasteiger partial charge is 0.297 e. The molecule has 1 aromatic rings. The van der Waals surface area contributed by atoms with E-state index in [1.165, 1.54) is 5.56 Å². The minimum absolute atomic E-state index is 0.434. The van der Waals surface area contributed by atoms with E-state index in [1.54, 1.807) is 0 Å². The lowest BCUT2D eigenvalue weighted by molar-refractivity contribution is 0.210. The average molecular weight is 278 g/mol. The van der Waals surface area contributed by atoms with Crippen LogP contribution in [-0.2, 0) is 0 Å². The quantitative estimate of drug-likeness (QED) is 0.841. The third-order valence-electron chi connectivity index (χ3n) is 3.65. The highest BCUT2D eigenvalue weighted by molar-refractivity contribution is 5.08. The second-order valence-electron chi connectivity index (χ2n) is 5.68. The zero-order chi connectivity index (χ0) is 15.7. The monoisotopic (exact) mass is 278 g/mol. The standard InChI is InChI=1S/C9H17N3.C7H13N/c1-7(2)12(4)8(3)9-5-10-11-6-9;1-5-6-8(4)7(2)3/h5-8H,1-4H3,(H,10,11);1,7H,6H2,2-4H3. The molecule has 0 aliphatic heterocycles. The van der Waals surface area contributed by atoms with Crippen molar-refractivity contribution in [2.45, 2.75) is 52.7 Å². The number of terminal acetylenes is 1. The van der Waals surface area contributed by atoms with E-state index in [0.717, 1.165) is 6.54 Å². The van der Waals surface area contributed by atoms with Gasteiger partial charge in [0.1, 0.15) is 0 Å². The van der Waals surface area contributed by atoms with Gasteiger partial charge in [0.25, 0.3) is 0 Å². The van der Waals surface area contributed by atoms with Crippen LogP contribution in [0, 0.1) is 12.3 Å². The molecule has 1 N–H and O–H groups in total. The number of H-pyrrole nitrogens is 1. The van der Waals surface area contributed by atoms with Crippen molar-refractivity contribution in [2.24, 2.45) is 0 Å². The maximum Gasteiger partial charge on any atom is 0.0598 e. The minimum atomic E-state index is 0.434. The molecular weight excluding hydrogens is 248 g/mol. The van der Waals surface area contributed by atoms with Crippen molar-refractivity contribution in [2.75, 3.05) is 20.6 Å². The van der Waals surface area contributed by atoms with Crippen molar-refractivity contribution in [3.63, 3.8) is 0 Å². The van der Waals surface area contributed by atoms with Crippen LogP contribution in [0.25, 0.3) is 0 Å². The van der Waals surface area contributed by atoms with Gasteiger partial charge in [0.2, 0.25) is 0 Å². The first kappa shape index (κ1) is 18.7. The van der Waals surface area contributed by atoms with Crippen molar-refractivity contribution in [1.82, 2.24) is 20.0 Å². The highest BCUT2D eigenvalue weighted by Crippen LogP contribution is 2.18. The van der Waals surface area contributed by atoms with Gasteiger partial charge in [-0.25, -0.2) is 0 Å². The number of rotatable bonds is 5. The number of hydrogen-bond donors (Lipinski definition) is 1. The summed E-state index contributed by atoms with van der Waals surface area (Å²) >= 11 is 0. The van der Waals surface area contributed by atoms with E-state index in [9.17, 15) is 0 Å². The van der Waals surface area contributed by atoms with E-state index in [0.29, 0.717) is 18.1 Å². The first-order valence-electron chi connectivity index (χ1n) is 7.15. The Labute approximate surface area is 124 Å². The summed E-state index contributed by atoms with van der Waals surface area (Å²) < 4.78 is 0. The van der Waals surface area contributed by atoms with Gasteiger partial charge >= 0.3 is 0 Å². The van der Waals surface area contributed by atoms with Crippen LogP contribution in [0.3, 0.4) is 0 Å². The number of aromatic amines is 1. The number of hydrogen-bond acceptors (Lipinski definition) is 3. The van der Waals surface area contributed by atoms with Gasteiger partial charge in [0.15, 0.2) is 0 Å². The normalized spacial score (nSPS) is 12.5. The summed E-state index contributed by atoms with van der Waals surface area (Å²) in [5.41, 5.74) is 1.24. The molecule has 0 saturated heterocycles. The Balaban J connectivity index is 0.000000396. The molecular formula is C16H30N4. The van der Waals surface area contributed by atoms with Crippen LogP contribution in [0.5, 0.6) is 0 Å². The first-order valence-corrected chi connectivity index (χ1v) is 7.15. The van der Waals surface area contributed by atoms with E-state index in [1.807, 2.05) is 19.4 Å². The minimum Gasteiger partial charge on any atom is -0.297 e. The topological polar surface area (TPSA) is 35.2 Å². The van der Waals surface area contributed by atoms with Crippen molar-refractivity contribution >= 4 is 0 Å². The second-order valence-corrected chi connectivity index (χ2v) is 5.68. The lowest BCUT2D eigenvalue weighted by atomic mass is 10.1. The Morgan fingerprint density at radius 3 is 2.10 bits per heavy atom. The molecule has 1 unspecified atom stereocenters. The molecule has 114 valence electrons. The Kier molecular flexibility index (Phi) is 8.94. The maximum atomic E-state index is 5.08. The molecule has 0 radical (unpaired) electrons. The molecule has 1 heterocycles. The number of nitrogens with zero attached hydrogens (tertiary/aromatic N) is 3. The van der Waals surface area contributed by atoms with Gasteiger partial charge in [-0.2, -0.15) is 5.10 Å². The molecule has 0 aliphatic carbocycles. The van der Waals surface area contributed by atoms with Crippen molar-refractivity contribution in [3.8, 4) is 12.3 Å². The molecule has 1 aromatic heterocycles. The Morgan fingerprint density at radius 2 is 1.80 bits per heavy atom. The van der Waals surface area contributed by atoms with E-state index in [4.69, 9.17) is 6.42 Å². The van der Waals surface area contributed by atoms with Crippen LogP contribution < -0.4 is 0 Å². The first-order chi connectivity index (χ1) is 9.31. The van der Waals surface area contributed by atoms with Gasteiger partial charge in [0, 0.05) is 29.9 Å². The lowest BCUT2D eigenvalue weighted by Crippen LogP contribution is -2.29. The van der Waals surface area contributed by atoms with Gasteiger partial charge < -0.3 is 0 Å². The van der Waals surface area contributed by atoms with Crippen molar-refractivity contribution in [3.05, 3.63) is 18.0 Å². The molecule has 0 aliphatic rings. The molecule has 4 heteroatoms. The predicted octanol–water partition coefficient (Wildman–Crippen LogP) is 2.77.